The SMILES string of the molecule is CCCOc1ccc(C(=O)Nc2nc3c(Cl)c(Cl)ccc3s2)cc1. The average molecular weight is 381 g/mol. The number of benzene rings is 2. The number of nitrogens with one attached hydrogen (secondary N) is 1. The molecule has 0 spiro atoms. The second kappa shape index (κ2) is 7.38. The van der Waals surface area contributed by atoms with Crippen molar-refractivity contribution in [2.24, 2.45) is 0 Å². The summed E-state index contributed by atoms with van der Waals surface area (Å²) in [6.07, 6.45) is 0.937. The van der Waals surface area contributed by atoms with Gasteiger partial charge in [-0.3, -0.25) is 10.1 Å². The summed E-state index contributed by atoms with van der Waals surface area (Å²) in [5, 5.41) is 4.09. The standard InChI is InChI=1S/C17H14Cl2N2O2S/c1-2-9-23-11-5-3-10(4-6-11)16(22)21-17-20-15-13(24-17)8-7-12(18)14(15)19/h3-8H,2,9H2,1H3,(H,20,21,22). The molecule has 2 aromatic carbocycles. The zero-order valence-electron chi connectivity index (χ0n) is 12.8. The van der Waals surface area contributed by atoms with Crippen LogP contribution in [0.3, 0.4) is 0 Å². The second-order valence-corrected chi connectivity index (χ2v) is 6.87. The van der Waals surface area contributed by atoms with E-state index in [1.807, 2.05) is 13.0 Å². The van der Waals surface area contributed by atoms with Gasteiger partial charge in [-0.2, -0.15) is 0 Å². The van der Waals surface area contributed by atoms with E-state index in [1.165, 1.54) is 11.3 Å². The summed E-state index contributed by atoms with van der Waals surface area (Å²) in [7, 11) is 0. The first-order chi connectivity index (χ1) is 11.6. The van der Waals surface area contributed by atoms with Crippen LogP contribution in [0.25, 0.3) is 10.2 Å². The molecule has 0 aliphatic heterocycles. The van der Waals surface area contributed by atoms with Crippen LogP contribution in [0.15, 0.2) is 36.4 Å². The molecule has 4 nitrogen and oxygen atoms in total. The van der Waals surface area contributed by atoms with E-state index < -0.39 is 0 Å². The normalized spacial score (nSPS) is 10.8. The maximum absolute atomic E-state index is 12.3. The first-order valence-electron chi connectivity index (χ1n) is 7.37. The van der Waals surface area contributed by atoms with E-state index in [4.69, 9.17) is 27.9 Å². The van der Waals surface area contributed by atoms with E-state index in [0.29, 0.717) is 32.9 Å². The molecule has 124 valence electrons. The first-order valence-corrected chi connectivity index (χ1v) is 8.94. The molecule has 1 N–H and O–H groups in total. The van der Waals surface area contributed by atoms with Gasteiger partial charge in [0, 0.05) is 5.56 Å². The number of anilines is 1. The Morgan fingerprint density at radius 3 is 2.67 bits per heavy atom. The third kappa shape index (κ3) is 3.64. The van der Waals surface area contributed by atoms with Crippen molar-refractivity contribution in [2.45, 2.75) is 13.3 Å². The third-order valence-electron chi connectivity index (χ3n) is 3.26. The molecule has 0 unspecified atom stereocenters. The van der Waals surface area contributed by atoms with E-state index in [9.17, 15) is 4.79 Å². The molecule has 0 bridgehead atoms. The Labute approximate surface area is 153 Å². The lowest BCUT2D eigenvalue weighted by Gasteiger charge is -2.05. The van der Waals surface area contributed by atoms with Gasteiger partial charge in [-0.15, -0.1) is 0 Å². The van der Waals surface area contributed by atoms with Crippen molar-refractivity contribution in [2.75, 3.05) is 11.9 Å². The van der Waals surface area contributed by atoms with E-state index >= 15 is 0 Å². The number of carbonyl (C=O) groups is 1. The Morgan fingerprint density at radius 2 is 1.96 bits per heavy atom. The smallest absolute Gasteiger partial charge is 0.257 e. The van der Waals surface area contributed by atoms with Crippen LogP contribution in [0.2, 0.25) is 10.0 Å². The predicted molar refractivity (Wildman–Crippen MR) is 99.8 cm³/mol. The highest BCUT2D eigenvalue weighted by molar-refractivity contribution is 7.22. The number of thiazole rings is 1. The molecular weight excluding hydrogens is 367 g/mol. The van der Waals surface area contributed by atoms with Gasteiger partial charge in [-0.1, -0.05) is 41.5 Å². The van der Waals surface area contributed by atoms with Gasteiger partial charge < -0.3 is 4.74 Å². The summed E-state index contributed by atoms with van der Waals surface area (Å²) in [6.45, 7) is 2.69. The predicted octanol–water partition coefficient (Wildman–Crippen LogP) is 5.64. The van der Waals surface area contributed by atoms with Crippen LogP contribution in [0.4, 0.5) is 5.13 Å². The molecule has 0 aliphatic rings. The average Bonchev–Trinajstić information content (AvgIpc) is 3.00. The van der Waals surface area contributed by atoms with Crippen LogP contribution >= 0.6 is 34.5 Å². The number of carbonyl (C=O) groups excluding carboxylic acids is 1. The van der Waals surface area contributed by atoms with Crippen molar-refractivity contribution in [3.63, 3.8) is 0 Å². The number of hydrogen-bond donors (Lipinski definition) is 1. The van der Waals surface area contributed by atoms with E-state index in [1.54, 1.807) is 30.3 Å². The highest BCUT2D eigenvalue weighted by atomic mass is 35.5. The zero-order valence-corrected chi connectivity index (χ0v) is 15.1. The molecule has 3 aromatic rings. The molecular formula is C17H14Cl2N2O2S. The number of amides is 1. The Kier molecular flexibility index (Phi) is 5.23. The molecule has 0 saturated carbocycles. The van der Waals surface area contributed by atoms with Crippen molar-refractivity contribution in [3.8, 4) is 5.75 Å². The molecule has 0 atom stereocenters. The van der Waals surface area contributed by atoms with Crippen LogP contribution in [0.5, 0.6) is 5.75 Å². The van der Waals surface area contributed by atoms with Crippen LogP contribution in [-0.2, 0) is 0 Å². The second-order valence-electron chi connectivity index (χ2n) is 5.05. The number of fused-ring (bicyclic) bond motifs is 1. The minimum absolute atomic E-state index is 0.238. The Balaban J connectivity index is 1.76. The Morgan fingerprint density at radius 1 is 1.21 bits per heavy atom. The Hall–Kier alpha value is -1.82. The lowest BCUT2D eigenvalue weighted by atomic mass is 10.2. The molecule has 0 aliphatic carbocycles. The molecule has 0 fully saturated rings. The number of nitrogens with zero attached hydrogens (tertiary/aromatic N) is 1. The van der Waals surface area contributed by atoms with E-state index in [-0.39, 0.29) is 5.91 Å². The van der Waals surface area contributed by atoms with Crippen LogP contribution in [0.1, 0.15) is 23.7 Å². The number of halogens is 2. The molecule has 0 radical (unpaired) electrons. The maximum Gasteiger partial charge on any atom is 0.257 e. The van der Waals surface area contributed by atoms with Gasteiger partial charge >= 0.3 is 0 Å². The largest absolute Gasteiger partial charge is 0.494 e. The summed E-state index contributed by atoms with van der Waals surface area (Å²) in [6, 6.07) is 10.5. The van der Waals surface area contributed by atoms with Gasteiger partial charge in [0.1, 0.15) is 11.3 Å². The minimum atomic E-state index is -0.238. The molecule has 1 heterocycles. The molecule has 1 aromatic heterocycles. The molecule has 3 rings (SSSR count). The fourth-order valence-electron chi connectivity index (χ4n) is 2.08. The highest BCUT2D eigenvalue weighted by Crippen LogP contribution is 2.35. The lowest BCUT2D eigenvalue weighted by Crippen LogP contribution is -2.11. The highest BCUT2D eigenvalue weighted by Gasteiger charge is 2.13. The van der Waals surface area contributed by atoms with Gasteiger partial charge in [0.25, 0.3) is 5.91 Å². The third-order valence-corrected chi connectivity index (χ3v) is 4.99. The number of hydrogen-bond acceptors (Lipinski definition) is 4. The molecule has 24 heavy (non-hydrogen) atoms. The van der Waals surface area contributed by atoms with Gasteiger partial charge in [0.15, 0.2) is 5.13 Å². The van der Waals surface area contributed by atoms with Crippen molar-refractivity contribution in [3.05, 3.63) is 52.0 Å². The van der Waals surface area contributed by atoms with Gasteiger partial charge in [0.2, 0.25) is 0 Å². The summed E-state index contributed by atoms with van der Waals surface area (Å²) >= 11 is 13.5. The van der Waals surface area contributed by atoms with Gasteiger partial charge in [-0.05, 0) is 42.8 Å². The van der Waals surface area contributed by atoms with Crippen molar-refractivity contribution in [1.82, 2.24) is 4.98 Å². The molecule has 0 saturated heterocycles. The van der Waals surface area contributed by atoms with Gasteiger partial charge in [-0.25, -0.2) is 4.98 Å². The van der Waals surface area contributed by atoms with Crippen molar-refractivity contribution >= 4 is 55.8 Å². The van der Waals surface area contributed by atoms with Crippen LogP contribution in [-0.4, -0.2) is 17.5 Å². The topological polar surface area (TPSA) is 51.2 Å². The van der Waals surface area contributed by atoms with Crippen molar-refractivity contribution in [1.29, 1.82) is 0 Å². The van der Waals surface area contributed by atoms with E-state index in [2.05, 4.69) is 10.3 Å². The maximum atomic E-state index is 12.3. The summed E-state index contributed by atoms with van der Waals surface area (Å²) in [5.74, 6) is 0.508. The fraction of sp³-hybridized carbons (Fsp3) is 0.176. The quantitative estimate of drug-likeness (QED) is 0.622. The number of rotatable bonds is 5. The Bertz CT molecular complexity index is 878. The van der Waals surface area contributed by atoms with E-state index in [0.717, 1.165) is 16.9 Å². The molecule has 7 heteroatoms. The molecule has 1 amide bonds. The number of aromatic nitrogens is 1. The summed E-state index contributed by atoms with van der Waals surface area (Å²) < 4.78 is 6.37. The lowest BCUT2D eigenvalue weighted by molar-refractivity contribution is 0.102. The first kappa shape index (κ1) is 17.0. The van der Waals surface area contributed by atoms with Crippen LogP contribution in [0, 0.1) is 0 Å². The summed E-state index contributed by atoms with van der Waals surface area (Å²) in [4.78, 5) is 16.7. The monoisotopic (exact) mass is 380 g/mol. The van der Waals surface area contributed by atoms with Gasteiger partial charge in [0.05, 0.1) is 21.4 Å². The van der Waals surface area contributed by atoms with Crippen molar-refractivity contribution < 1.29 is 9.53 Å². The number of ether oxygens (including phenoxy) is 1. The summed E-state index contributed by atoms with van der Waals surface area (Å²) in [5.41, 5.74) is 1.12. The zero-order chi connectivity index (χ0) is 17.1. The van der Waals surface area contributed by atoms with Crippen LogP contribution < -0.4 is 10.1 Å². The fourth-order valence-corrected chi connectivity index (χ4v) is 3.37. The minimum Gasteiger partial charge on any atom is -0.494 e.